The van der Waals surface area contributed by atoms with Gasteiger partial charge in [-0.25, -0.2) is 8.42 Å². The van der Waals surface area contributed by atoms with E-state index >= 15 is 0 Å². The second-order valence-electron chi connectivity index (χ2n) is 7.01. The lowest BCUT2D eigenvalue weighted by Gasteiger charge is -2.23. The minimum atomic E-state index is -3.05. The average molecular weight is 397 g/mol. The fourth-order valence-corrected chi connectivity index (χ4v) is 5.73. The minimum absolute atomic E-state index is 0.0191. The Hall–Kier alpha value is -1.54. The maximum Gasteiger partial charge on any atom is 0.225 e. The van der Waals surface area contributed by atoms with Crippen LogP contribution in [-0.2, 0) is 19.4 Å². The number of hydrogen-bond acceptors (Lipinski definition) is 5. The first kappa shape index (κ1) is 19.2. The summed E-state index contributed by atoms with van der Waals surface area (Å²) in [7, 11) is -3.05. The smallest absolute Gasteiger partial charge is 0.225 e. The second kappa shape index (κ2) is 7.60. The highest BCUT2D eigenvalue weighted by molar-refractivity contribution is 7.98. The molecule has 0 aliphatic carbocycles. The summed E-state index contributed by atoms with van der Waals surface area (Å²) < 4.78 is 23.3. The molecular formula is C18H24N2O4S2. The first-order valence-corrected chi connectivity index (χ1v) is 11.8. The van der Waals surface area contributed by atoms with Crippen molar-refractivity contribution in [1.82, 2.24) is 10.2 Å². The zero-order valence-corrected chi connectivity index (χ0v) is 16.6. The maximum atomic E-state index is 12.6. The van der Waals surface area contributed by atoms with Crippen LogP contribution in [0.3, 0.4) is 0 Å². The van der Waals surface area contributed by atoms with E-state index in [1.807, 2.05) is 37.4 Å². The standard InChI is InChI=1S/C18H24N2O4S2/c1-12(13-3-5-16(25-2)6-4-13)19-18(22)14-9-17(21)20(10-14)15-7-8-26(23,24)11-15/h3-6,12,14-15H,7-11H2,1-2H3,(H,19,22)/t12-,14-,15-/m0/s1. The number of nitrogens with zero attached hydrogens (tertiary/aromatic N) is 1. The Morgan fingerprint density at radius 2 is 2.00 bits per heavy atom. The molecule has 2 aliphatic rings. The van der Waals surface area contributed by atoms with Gasteiger partial charge in [0.1, 0.15) is 0 Å². The Balaban J connectivity index is 1.59. The molecule has 2 heterocycles. The van der Waals surface area contributed by atoms with Crippen LogP contribution in [0, 0.1) is 5.92 Å². The molecule has 0 unspecified atom stereocenters. The summed E-state index contributed by atoms with van der Waals surface area (Å²) in [5.74, 6) is -0.543. The maximum absolute atomic E-state index is 12.6. The average Bonchev–Trinajstić information content (AvgIpc) is 3.17. The fourth-order valence-electron chi connectivity index (χ4n) is 3.59. The van der Waals surface area contributed by atoms with Crippen molar-refractivity contribution in [3.63, 3.8) is 0 Å². The topological polar surface area (TPSA) is 83.6 Å². The van der Waals surface area contributed by atoms with E-state index in [0.29, 0.717) is 13.0 Å². The molecule has 1 aromatic rings. The molecule has 3 rings (SSSR count). The second-order valence-corrected chi connectivity index (χ2v) is 10.1. The van der Waals surface area contributed by atoms with Crippen LogP contribution < -0.4 is 5.32 Å². The molecule has 2 aliphatic heterocycles. The number of nitrogens with one attached hydrogen (secondary N) is 1. The Bertz CT molecular complexity index is 792. The molecule has 8 heteroatoms. The van der Waals surface area contributed by atoms with E-state index in [1.165, 1.54) is 0 Å². The molecule has 1 aromatic carbocycles. The van der Waals surface area contributed by atoms with Gasteiger partial charge in [0.2, 0.25) is 11.8 Å². The van der Waals surface area contributed by atoms with E-state index in [2.05, 4.69) is 5.32 Å². The lowest BCUT2D eigenvalue weighted by atomic mass is 10.0. The number of sulfone groups is 1. The molecule has 2 saturated heterocycles. The van der Waals surface area contributed by atoms with Crippen LogP contribution in [0.4, 0.5) is 0 Å². The number of rotatable bonds is 5. The van der Waals surface area contributed by atoms with Crippen molar-refractivity contribution in [3.05, 3.63) is 29.8 Å². The summed E-state index contributed by atoms with van der Waals surface area (Å²) in [5.41, 5.74) is 1.01. The largest absolute Gasteiger partial charge is 0.349 e. The van der Waals surface area contributed by atoms with Crippen LogP contribution in [0.15, 0.2) is 29.2 Å². The summed E-state index contributed by atoms with van der Waals surface area (Å²) in [6.45, 7) is 2.23. The van der Waals surface area contributed by atoms with Crippen molar-refractivity contribution >= 4 is 33.4 Å². The first-order chi connectivity index (χ1) is 12.3. The Labute approximate surface area is 158 Å². The van der Waals surface area contributed by atoms with E-state index in [4.69, 9.17) is 0 Å². The van der Waals surface area contributed by atoms with Crippen LogP contribution in [0.1, 0.15) is 31.4 Å². The first-order valence-electron chi connectivity index (χ1n) is 8.73. The highest BCUT2D eigenvalue weighted by Gasteiger charge is 2.42. The molecule has 2 fully saturated rings. The summed E-state index contributed by atoms with van der Waals surface area (Å²) >= 11 is 1.66. The third-order valence-electron chi connectivity index (χ3n) is 5.15. The van der Waals surface area contributed by atoms with Crippen molar-refractivity contribution in [2.45, 2.75) is 36.7 Å². The SMILES string of the molecule is CSc1ccc([C@H](C)NC(=O)[C@H]2CC(=O)N([C@H]3CCS(=O)(=O)C3)C2)cc1. The van der Waals surface area contributed by atoms with Crippen LogP contribution in [0.5, 0.6) is 0 Å². The molecule has 0 saturated carbocycles. The van der Waals surface area contributed by atoms with Crippen molar-refractivity contribution in [3.8, 4) is 0 Å². The number of likely N-dealkylation sites (tertiary alicyclic amines) is 1. The van der Waals surface area contributed by atoms with Gasteiger partial charge in [0.15, 0.2) is 9.84 Å². The third kappa shape index (κ3) is 4.23. The summed E-state index contributed by atoms with van der Waals surface area (Å²) in [5, 5.41) is 2.98. The van der Waals surface area contributed by atoms with Crippen molar-refractivity contribution in [2.75, 3.05) is 24.3 Å². The molecule has 1 N–H and O–H groups in total. The Morgan fingerprint density at radius 3 is 2.58 bits per heavy atom. The summed E-state index contributed by atoms with van der Waals surface area (Å²) in [6, 6.07) is 7.60. The van der Waals surface area contributed by atoms with Crippen LogP contribution in [0.2, 0.25) is 0 Å². The van der Waals surface area contributed by atoms with Crippen LogP contribution in [-0.4, -0.2) is 55.5 Å². The number of thioether (sulfide) groups is 1. The quantitative estimate of drug-likeness (QED) is 0.765. The van der Waals surface area contributed by atoms with E-state index in [0.717, 1.165) is 10.5 Å². The van der Waals surface area contributed by atoms with Gasteiger partial charge in [0.05, 0.1) is 23.5 Å². The molecule has 0 radical (unpaired) electrons. The Kier molecular flexibility index (Phi) is 5.62. The van der Waals surface area contributed by atoms with E-state index in [1.54, 1.807) is 16.7 Å². The van der Waals surface area contributed by atoms with Gasteiger partial charge >= 0.3 is 0 Å². The van der Waals surface area contributed by atoms with Gasteiger partial charge < -0.3 is 10.2 Å². The van der Waals surface area contributed by atoms with Crippen LogP contribution >= 0.6 is 11.8 Å². The molecule has 3 atom stereocenters. The normalized spacial score (nSPS) is 26.1. The zero-order chi connectivity index (χ0) is 18.9. The monoisotopic (exact) mass is 396 g/mol. The van der Waals surface area contributed by atoms with Gasteiger partial charge in [-0.05, 0) is 37.3 Å². The lowest BCUT2D eigenvalue weighted by Crippen LogP contribution is -2.39. The van der Waals surface area contributed by atoms with Crippen molar-refractivity contribution in [1.29, 1.82) is 0 Å². The van der Waals surface area contributed by atoms with E-state index in [-0.39, 0.29) is 41.8 Å². The minimum Gasteiger partial charge on any atom is -0.349 e. The van der Waals surface area contributed by atoms with Gasteiger partial charge in [-0.15, -0.1) is 11.8 Å². The molecular weight excluding hydrogens is 372 g/mol. The molecule has 26 heavy (non-hydrogen) atoms. The van der Waals surface area contributed by atoms with Crippen molar-refractivity contribution in [2.24, 2.45) is 5.92 Å². The molecule has 2 amide bonds. The highest BCUT2D eigenvalue weighted by atomic mass is 32.2. The number of amides is 2. The fraction of sp³-hybridized carbons (Fsp3) is 0.556. The Morgan fingerprint density at radius 1 is 1.31 bits per heavy atom. The van der Waals surface area contributed by atoms with E-state index in [9.17, 15) is 18.0 Å². The molecule has 142 valence electrons. The molecule has 6 nitrogen and oxygen atoms in total. The highest BCUT2D eigenvalue weighted by Crippen LogP contribution is 2.27. The number of hydrogen-bond donors (Lipinski definition) is 1. The molecule has 0 bridgehead atoms. The summed E-state index contributed by atoms with van der Waals surface area (Å²) in [4.78, 5) is 27.6. The summed E-state index contributed by atoms with van der Waals surface area (Å²) in [6.07, 6.45) is 2.64. The predicted molar refractivity (Wildman–Crippen MR) is 102 cm³/mol. The van der Waals surface area contributed by atoms with Gasteiger partial charge in [-0.1, -0.05) is 12.1 Å². The number of carbonyl (C=O) groups excluding carboxylic acids is 2. The molecule has 0 spiro atoms. The lowest BCUT2D eigenvalue weighted by molar-refractivity contribution is -0.130. The predicted octanol–water partition coefficient (Wildman–Crippen LogP) is 1.62. The van der Waals surface area contributed by atoms with Crippen molar-refractivity contribution < 1.29 is 18.0 Å². The molecule has 0 aromatic heterocycles. The van der Waals surface area contributed by atoms with E-state index < -0.39 is 15.8 Å². The van der Waals surface area contributed by atoms with Gasteiger partial charge in [-0.2, -0.15) is 0 Å². The number of carbonyl (C=O) groups is 2. The third-order valence-corrected chi connectivity index (χ3v) is 7.65. The van der Waals surface area contributed by atoms with Gasteiger partial charge in [0.25, 0.3) is 0 Å². The van der Waals surface area contributed by atoms with Crippen LogP contribution in [0.25, 0.3) is 0 Å². The van der Waals surface area contributed by atoms with Gasteiger partial charge in [0, 0.05) is 23.9 Å². The number of benzene rings is 1. The zero-order valence-electron chi connectivity index (χ0n) is 15.0. The van der Waals surface area contributed by atoms with Gasteiger partial charge in [-0.3, -0.25) is 9.59 Å².